The Morgan fingerprint density at radius 2 is 1.54 bits per heavy atom. The molecule has 0 saturated heterocycles. The van der Waals surface area contributed by atoms with E-state index in [1.807, 2.05) is 33.8 Å². The van der Waals surface area contributed by atoms with Crippen molar-refractivity contribution in [2.45, 2.75) is 27.7 Å². The fourth-order valence-electron chi connectivity index (χ4n) is 3.00. The maximum absolute atomic E-state index is 12.4. The van der Waals surface area contributed by atoms with Gasteiger partial charge in [-0.15, -0.1) is 0 Å². The summed E-state index contributed by atoms with van der Waals surface area (Å²) >= 11 is 0. The van der Waals surface area contributed by atoms with Crippen molar-refractivity contribution in [1.29, 1.82) is 0 Å². The van der Waals surface area contributed by atoms with Gasteiger partial charge in [0.1, 0.15) is 0 Å². The van der Waals surface area contributed by atoms with E-state index in [0.29, 0.717) is 29.9 Å². The minimum Gasteiger partial charge on any atom is -0.343 e. The Labute approximate surface area is 165 Å². The summed E-state index contributed by atoms with van der Waals surface area (Å²) in [5, 5.41) is 5.34. The van der Waals surface area contributed by atoms with E-state index < -0.39 is 0 Å². The molecule has 0 fully saturated rings. The first-order valence-electron chi connectivity index (χ1n) is 9.39. The Hall–Kier alpha value is -3.15. The fourth-order valence-corrected chi connectivity index (χ4v) is 3.00. The second-order valence-electron chi connectivity index (χ2n) is 6.67. The molecular weight excluding hydrogens is 354 g/mol. The smallest absolute Gasteiger partial charge is 0.253 e. The molecule has 148 valence electrons. The highest BCUT2D eigenvalue weighted by Gasteiger charge is 2.14. The van der Waals surface area contributed by atoms with Crippen molar-refractivity contribution in [1.82, 2.24) is 10.2 Å². The number of hydrogen-bond donors (Lipinski definition) is 2. The number of benzene rings is 2. The van der Waals surface area contributed by atoms with Crippen LogP contribution in [0.4, 0.5) is 5.69 Å². The first-order valence-corrected chi connectivity index (χ1v) is 9.39. The number of nitrogens with one attached hydrogen (secondary N) is 2. The summed E-state index contributed by atoms with van der Waals surface area (Å²) in [4.78, 5) is 38.6. The highest BCUT2D eigenvalue weighted by Crippen LogP contribution is 2.13. The van der Waals surface area contributed by atoms with Crippen LogP contribution in [-0.4, -0.2) is 42.3 Å². The maximum atomic E-state index is 12.4. The maximum Gasteiger partial charge on any atom is 0.253 e. The van der Waals surface area contributed by atoms with Crippen molar-refractivity contribution in [3.8, 4) is 0 Å². The van der Waals surface area contributed by atoms with Crippen LogP contribution in [0.25, 0.3) is 0 Å². The summed E-state index contributed by atoms with van der Waals surface area (Å²) in [6, 6.07) is 12.3. The molecule has 2 N–H and O–H groups in total. The summed E-state index contributed by atoms with van der Waals surface area (Å²) in [6.45, 7) is 8.77. The number of amides is 3. The lowest BCUT2D eigenvalue weighted by Crippen LogP contribution is -2.33. The van der Waals surface area contributed by atoms with Crippen molar-refractivity contribution in [2.75, 3.05) is 25.0 Å². The Balaban J connectivity index is 1.97. The van der Waals surface area contributed by atoms with Crippen molar-refractivity contribution in [3.05, 3.63) is 64.7 Å². The highest BCUT2D eigenvalue weighted by atomic mass is 16.2. The number of carbonyl (C=O) groups is 3. The number of rotatable bonds is 7. The molecule has 2 aromatic carbocycles. The van der Waals surface area contributed by atoms with Gasteiger partial charge >= 0.3 is 0 Å². The van der Waals surface area contributed by atoms with E-state index in [1.54, 1.807) is 41.3 Å². The van der Waals surface area contributed by atoms with E-state index >= 15 is 0 Å². The van der Waals surface area contributed by atoms with E-state index in [9.17, 15) is 14.4 Å². The summed E-state index contributed by atoms with van der Waals surface area (Å²) in [5.74, 6) is -0.734. The molecule has 6 nitrogen and oxygen atoms in total. The number of nitrogens with zero attached hydrogens (tertiary/aromatic N) is 1. The van der Waals surface area contributed by atoms with Crippen LogP contribution in [0.15, 0.2) is 42.5 Å². The standard InChI is InChI=1S/C22H27N3O3/c1-5-25(6-2)22(28)17-8-7-9-19(13-17)24-20(26)14-23-21(27)18-11-15(3)10-16(4)12-18/h7-13H,5-6,14H2,1-4H3,(H,23,27)(H,24,26). The molecule has 0 saturated carbocycles. The largest absolute Gasteiger partial charge is 0.343 e. The van der Waals surface area contributed by atoms with Gasteiger partial charge in [-0.05, 0) is 58.0 Å². The Kier molecular flexibility index (Phi) is 7.32. The zero-order valence-electron chi connectivity index (χ0n) is 16.8. The molecule has 0 aliphatic carbocycles. The Bertz CT molecular complexity index is 853. The second kappa shape index (κ2) is 9.69. The monoisotopic (exact) mass is 381 g/mol. The summed E-state index contributed by atoms with van der Waals surface area (Å²) in [5.41, 5.74) is 3.54. The quantitative estimate of drug-likeness (QED) is 0.773. The molecule has 0 unspecified atom stereocenters. The molecule has 0 bridgehead atoms. The molecule has 0 aromatic heterocycles. The fraction of sp³-hybridized carbons (Fsp3) is 0.318. The van der Waals surface area contributed by atoms with Gasteiger partial charge in [0.25, 0.3) is 11.8 Å². The van der Waals surface area contributed by atoms with Gasteiger partial charge in [-0.2, -0.15) is 0 Å². The zero-order chi connectivity index (χ0) is 20.7. The van der Waals surface area contributed by atoms with Crippen molar-refractivity contribution >= 4 is 23.4 Å². The third-order valence-corrected chi connectivity index (χ3v) is 4.34. The van der Waals surface area contributed by atoms with Gasteiger partial charge in [-0.3, -0.25) is 14.4 Å². The minimum absolute atomic E-state index is 0.0794. The van der Waals surface area contributed by atoms with Gasteiger partial charge in [-0.1, -0.05) is 23.3 Å². The lowest BCUT2D eigenvalue weighted by Gasteiger charge is -2.19. The third-order valence-electron chi connectivity index (χ3n) is 4.34. The van der Waals surface area contributed by atoms with Gasteiger partial charge in [-0.25, -0.2) is 0 Å². The van der Waals surface area contributed by atoms with Gasteiger partial charge in [0, 0.05) is 29.9 Å². The van der Waals surface area contributed by atoms with Crippen LogP contribution in [0, 0.1) is 13.8 Å². The average Bonchev–Trinajstić information content (AvgIpc) is 2.66. The number of anilines is 1. The van der Waals surface area contributed by atoms with Crippen LogP contribution in [0.1, 0.15) is 45.7 Å². The molecule has 0 aliphatic rings. The molecule has 2 aromatic rings. The van der Waals surface area contributed by atoms with E-state index in [2.05, 4.69) is 10.6 Å². The summed E-state index contributed by atoms with van der Waals surface area (Å²) < 4.78 is 0. The molecule has 0 aliphatic heterocycles. The van der Waals surface area contributed by atoms with Crippen LogP contribution in [0.5, 0.6) is 0 Å². The number of carbonyl (C=O) groups excluding carboxylic acids is 3. The third kappa shape index (κ3) is 5.67. The lowest BCUT2D eigenvalue weighted by atomic mass is 10.1. The first kappa shape index (κ1) is 21.2. The highest BCUT2D eigenvalue weighted by molar-refractivity contribution is 6.00. The molecule has 0 heterocycles. The van der Waals surface area contributed by atoms with Gasteiger partial charge < -0.3 is 15.5 Å². The molecule has 2 rings (SSSR count). The number of aryl methyl sites for hydroxylation is 2. The molecule has 0 spiro atoms. The van der Waals surface area contributed by atoms with Crippen molar-refractivity contribution in [3.63, 3.8) is 0 Å². The molecule has 28 heavy (non-hydrogen) atoms. The van der Waals surface area contributed by atoms with Gasteiger partial charge in [0.15, 0.2) is 0 Å². The molecule has 3 amide bonds. The van der Waals surface area contributed by atoms with E-state index in [4.69, 9.17) is 0 Å². The predicted octanol–water partition coefficient (Wildman–Crippen LogP) is 3.15. The normalized spacial score (nSPS) is 10.3. The van der Waals surface area contributed by atoms with E-state index in [0.717, 1.165) is 11.1 Å². The van der Waals surface area contributed by atoms with E-state index in [-0.39, 0.29) is 24.3 Å². The van der Waals surface area contributed by atoms with Crippen molar-refractivity contribution in [2.24, 2.45) is 0 Å². The summed E-state index contributed by atoms with van der Waals surface area (Å²) in [7, 11) is 0. The molecule has 6 heteroatoms. The molecule has 0 radical (unpaired) electrons. The van der Waals surface area contributed by atoms with E-state index in [1.165, 1.54) is 0 Å². The van der Waals surface area contributed by atoms with Crippen LogP contribution >= 0.6 is 0 Å². The zero-order valence-corrected chi connectivity index (χ0v) is 16.8. The minimum atomic E-state index is -0.356. The van der Waals surface area contributed by atoms with Crippen molar-refractivity contribution < 1.29 is 14.4 Å². The topological polar surface area (TPSA) is 78.5 Å². The summed E-state index contributed by atoms with van der Waals surface area (Å²) in [6.07, 6.45) is 0. The van der Waals surface area contributed by atoms with Crippen LogP contribution < -0.4 is 10.6 Å². The first-order chi connectivity index (χ1) is 13.3. The SMILES string of the molecule is CCN(CC)C(=O)c1cccc(NC(=O)CNC(=O)c2cc(C)cc(C)c2)c1. The average molecular weight is 381 g/mol. The predicted molar refractivity (Wildman–Crippen MR) is 111 cm³/mol. The molecular formula is C22H27N3O3. The number of hydrogen-bond acceptors (Lipinski definition) is 3. The van der Waals surface area contributed by atoms with Crippen LogP contribution in [0.3, 0.4) is 0 Å². The van der Waals surface area contributed by atoms with Crippen LogP contribution in [0.2, 0.25) is 0 Å². The second-order valence-corrected chi connectivity index (χ2v) is 6.67. The van der Waals surface area contributed by atoms with Crippen LogP contribution in [-0.2, 0) is 4.79 Å². The Morgan fingerprint density at radius 1 is 0.893 bits per heavy atom. The Morgan fingerprint density at radius 3 is 2.14 bits per heavy atom. The lowest BCUT2D eigenvalue weighted by molar-refractivity contribution is -0.115. The van der Waals surface area contributed by atoms with Gasteiger partial charge in [0.2, 0.25) is 5.91 Å². The van der Waals surface area contributed by atoms with Gasteiger partial charge in [0.05, 0.1) is 6.54 Å². The molecule has 0 atom stereocenters.